The molecular formula is C50H32N2O2. The molecule has 0 aliphatic carbocycles. The SMILES string of the molecule is c1ccc(-c2ccc(N(c3ccc(-c4cc5ccccc5o4)cc3)c3ccc(-n4c5ccccc5c5c6c(ccc54)oc4ccccc46)cc3)cc2)cc1. The molecule has 0 amide bonds. The Morgan fingerprint density at radius 1 is 0.370 bits per heavy atom. The van der Waals surface area contributed by atoms with Gasteiger partial charge in [-0.15, -0.1) is 0 Å². The largest absolute Gasteiger partial charge is 0.456 e. The van der Waals surface area contributed by atoms with Crippen LogP contribution < -0.4 is 4.90 Å². The normalized spacial score (nSPS) is 11.7. The van der Waals surface area contributed by atoms with Crippen LogP contribution in [0.15, 0.2) is 203 Å². The van der Waals surface area contributed by atoms with Crippen LogP contribution in [-0.2, 0) is 0 Å². The molecule has 0 spiro atoms. The minimum absolute atomic E-state index is 0.859. The average Bonchev–Trinajstić information content (AvgIpc) is 3.94. The molecule has 0 aliphatic rings. The highest BCUT2D eigenvalue weighted by Crippen LogP contribution is 2.42. The Kier molecular flexibility index (Phi) is 6.82. The molecule has 0 radical (unpaired) electrons. The average molecular weight is 693 g/mol. The van der Waals surface area contributed by atoms with E-state index in [9.17, 15) is 0 Å². The molecule has 54 heavy (non-hydrogen) atoms. The number of anilines is 3. The second-order valence-electron chi connectivity index (χ2n) is 13.7. The number of para-hydroxylation sites is 3. The summed E-state index contributed by atoms with van der Waals surface area (Å²) in [6, 6.07) is 68.4. The summed E-state index contributed by atoms with van der Waals surface area (Å²) in [5.41, 5.74) is 12.7. The van der Waals surface area contributed by atoms with Crippen LogP contribution in [0.2, 0.25) is 0 Å². The molecule has 0 saturated heterocycles. The smallest absolute Gasteiger partial charge is 0.136 e. The summed E-state index contributed by atoms with van der Waals surface area (Å²) in [5.74, 6) is 0.859. The fraction of sp³-hybridized carbons (Fsp3) is 0. The number of hydrogen-bond acceptors (Lipinski definition) is 3. The number of hydrogen-bond donors (Lipinski definition) is 0. The van der Waals surface area contributed by atoms with Gasteiger partial charge in [0.05, 0.1) is 11.0 Å². The highest BCUT2D eigenvalue weighted by Gasteiger charge is 2.20. The Morgan fingerprint density at radius 3 is 1.70 bits per heavy atom. The van der Waals surface area contributed by atoms with Gasteiger partial charge in [-0.3, -0.25) is 0 Å². The molecular weight excluding hydrogens is 661 g/mol. The topological polar surface area (TPSA) is 34.5 Å². The second kappa shape index (κ2) is 12.1. The monoisotopic (exact) mass is 692 g/mol. The minimum atomic E-state index is 0.859. The number of nitrogens with zero attached hydrogens (tertiary/aromatic N) is 2. The molecule has 0 atom stereocenters. The Bertz CT molecular complexity index is 3100. The third-order valence-electron chi connectivity index (χ3n) is 10.6. The van der Waals surface area contributed by atoms with Crippen LogP contribution in [-0.4, -0.2) is 4.57 Å². The van der Waals surface area contributed by atoms with Crippen LogP contribution >= 0.6 is 0 Å². The van der Waals surface area contributed by atoms with Gasteiger partial charge in [0.25, 0.3) is 0 Å². The summed E-state index contributed by atoms with van der Waals surface area (Å²) >= 11 is 0. The molecule has 8 aromatic carbocycles. The van der Waals surface area contributed by atoms with Crippen molar-refractivity contribution in [3.63, 3.8) is 0 Å². The summed E-state index contributed by atoms with van der Waals surface area (Å²) in [4.78, 5) is 2.31. The van der Waals surface area contributed by atoms with E-state index in [4.69, 9.17) is 8.83 Å². The predicted molar refractivity (Wildman–Crippen MR) is 223 cm³/mol. The quantitative estimate of drug-likeness (QED) is 0.174. The van der Waals surface area contributed by atoms with Gasteiger partial charge in [-0.05, 0) is 108 Å². The molecule has 0 unspecified atom stereocenters. The van der Waals surface area contributed by atoms with Crippen LogP contribution in [0.25, 0.3) is 82.9 Å². The molecule has 0 bridgehead atoms. The number of fused-ring (bicyclic) bond motifs is 8. The third-order valence-corrected chi connectivity index (χ3v) is 10.6. The Labute approximate surface area is 311 Å². The lowest BCUT2D eigenvalue weighted by Gasteiger charge is -2.26. The van der Waals surface area contributed by atoms with Gasteiger partial charge in [-0.25, -0.2) is 0 Å². The van der Waals surface area contributed by atoms with E-state index in [2.05, 4.69) is 173 Å². The first kappa shape index (κ1) is 30.3. The van der Waals surface area contributed by atoms with Crippen LogP contribution in [0.3, 0.4) is 0 Å². The van der Waals surface area contributed by atoms with E-state index in [1.807, 2.05) is 30.3 Å². The van der Waals surface area contributed by atoms with Gasteiger partial charge in [0, 0.05) is 55.2 Å². The Balaban J connectivity index is 1.03. The first-order valence-corrected chi connectivity index (χ1v) is 18.3. The molecule has 4 nitrogen and oxygen atoms in total. The molecule has 254 valence electrons. The molecule has 0 fully saturated rings. The van der Waals surface area contributed by atoms with Crippen LogP contribution in [0.1, 0.15) is 0 Å². The van der Waals surface area contributed by atoms with Crippen molar-refractivity contribution in [3.8, 4) is 28.1 Å². The zero-order valence-corrected chi connectivity index (χ0v) is 29.2. The predicted octanol–water partition coefficient (Wildman–Crippen LogP) is 14.2. The molecule has 0 aliphatic heterocycles. The van der Waals surface area contributed by atoms with E-state index in [1.165, 1.54) is 21.9 Å². The first-order valence-electron chi connectivity index (χ1n) is 18.3. The van der Waals surface area contributed by atoms with Crippen molar-refractivity contribution in [3.05, 3.63) is 194 Å². The highest BCUT2D eigenvalue weighted by molar-refractivity contribution is 6.27. The first-order chi connectivity index (χ1) is 26.8. The minimum Gasteiger partial charge on any atom is -0.456 e. The maximum Gasteiger partial charge on any atom is 0.136 e. The zero-order valence-electron chi connectivity index (χ0n) is 29.2. The van der Waals surface area contributed by atoms with E-state index in [-0.39, 0.29) is 0 Å². The van der Waals surface area contributed by atoms with Crippen LogP contribution in [0, 0.1) is 0 Å². The highest BCUT2D eigenvalue weighted by atomic mass is 16.3. The second-order valence-corrected chi connectivity index (χ2v) is 13.7. The Hall–Kier alpha value is -7.30. The van der Waals surface area contributed by atoms with Crippen LogP contribution in [0.5, 0.6) is 0 Å². The molecule has 3 aromatic heterocycles. The van der Waals surface area contributed by atoms with Gasteiger partial charge >= 0.3 is 0 Å². The van der Waals surface area contributed by atoms with Gasteiger partial charge in [0.1, 0.15) is 22.5 Å². The summed E-state index contributed by atoms with van der Waals surface area (Å²) < 4.78 is 14.9. The molecule has 0 saturated carbocycles. The molecule has 3 heterocycles. The number of benzene rings is 8. The van der Waals surface area contributed by atoms with Crippen molar-refractivity contribution in [2.45, 2.75) is 0 Å². The lowest BCUT2D eigenvalue weighted by atomic mass is 10.0. The van der Waals surface area contributed by atoms with Gasteiger partial charge in [0.15, 0.2) is 0 Å². The maximum absolute atomic E-state index is 6.31. The van der Waals surface area contributed by atoms with E-state index < -0.39 is 0 Å². The standard InChI is InChI=1S/C50H32N2O2/c1-2-10-33(11-3-1)34-18-22-37(23-19-34)51(38-24-20-35(21-25-38)48-32-36-12-4-8-16-45(36)53-48)39-26-28-40(29-27-39)52-43-15-7-5-13-41(43)49-44(52)30-31-47-50(49)42-14-6-9-17-46(42)54-47/h1-32H. The fourth-order valence-corrected chi connectivity index (χ4v) is 8.08. The van der Waals surface area contributed by atoms with Gasteiger partial charge in [-0.2, -0.15) is 0 Å². The maximum atomic E-state index is 6.31. The fourth-order valence-electron chi connectivity index (χ4n) is 8.08. The van der Waals surface area contributed by atoms with Crippen molar-refractivity contribution in [2.24, 2.45) is 0 Å². The van der Waals surface area contributed by atoms with Gasteiger partial charge < -0.3 is 18.3 Å². The summed E-state index contributed by atoms with van der Waals surface area (Å²) in [5, 5.41) is 5.81. The zero-order chi connectivity index (χ0) is 35.6. The third kappa shape index (κ3) is 4.85. The van der Waals surface area contributed by atoms with E-state index in [0.717, 1.165) is 78.0 Å². The van der Waals surface area contributed by atoms with Crippen molar-refractivity contribution >= 4 is 71.8 Å². The summed E-state index contributed by atoms with van der Waals surface area (Å²) in [7, 11) is 0. The Morgan fingerprint density at radius 2 is 0.963 bits per heavy atom. The summed E-state index contributed by atoms with van der Waals surface area (Å²) in [6.45, 7) is 0. The number of aromatic nitrogens is 1. The summed E-state index contributed by atoms with van der Waals surface area (Å²) in [6.07, 6.45) is 0. The molecule has 4 heteroatoms. The molecule has 0 N–H and O–H groups in total. The lowest BCUT2D eigenvalue weighted by molar-refractivity contribution is 0.631. The van der Waals surface area contributed by atoms with Crippen molar-refractivity contribution in [1.82, 2.24) is 4.57 Å². The number of furan rings is 2. The van der Waals surface area contributed by atoms with E-state index >= 15 is 0 Å². The van der Waals surface area contributed by atoms with E-state index in [1.54, 1.807) is 0 Å². The molecule has 11 aromatic rings. The van der Waals surface area contributed by atoms with Crippen LogP contribution in [0.4, 0.5) is 17.1 Å². The molecule has 11 rings (SSSR count). The van der Waals surface area contributed by atoms with Gasteiger partial charge in [0.2, 0.25) is 0 Å². The van der Waals surface area contributed by atoms with Crippen molar-refractivity contribution < 1.29 is 8.83 Å². The van der Waals surface area contributed by atoms with Crippen molar-refractivity contribution in [1.29, 1.82) is 0 Å². The lowest BCUT2D eigenvalue weighted by Crippen LogP contribution is -2.10. The van der Waals surface area contributed by atoms with Crippen molar-refractivity contribution in [2.75, 3.05) is 4.90 Å². The van der Waals surface area contributed by atoms with Gasteiger partial charge in [-0.1, -0.05) is 97.1 Å². The van der Waals surface area contributed by atoms with E-state index in [0.29, 0.717) is 0 Å². The number of rotatable bonds is 6.